The Kier molecular flexibility index (Phi) is 4.15. The average Bonchev–Trinajstić information content (AvgIpc) is 2.76. The van der Waals surface area contributed by atoms with Crippen molar-refractivity contribution < 1.29 is 18.0 Å². The molecule has 0 aliphatic carbocycles. The highest BCUT2D eigenvalue weighted by Gasteiger charge is 2.38. The molecular weight excluding hydrogens is 330 g/mol. The molecule has 0 aliphatic rings. The second-order valence-electron chi connectivity index (χ2n) is 4.15. The van der Waals surface area contributed by atoms with Crippen LogP contribution in [0, 0.1) is 0 Å². The maximum absolute atomic E-state index is 12.8. The molecule has 1 heterocycles. The van der Waals surface area contributed by atoms with E-state index in [0.717, 1.165) is 10.9 Å². The van der Waals surface area contributed by atoms with Crippen LogP contribution in [0.25, 0.3) is 0 Å². The van der Waals surface area contributed by atoms with Crippen molar-refractivity contribution in [3.8, 4) is 0 Å². The summed E-state index contributed by atoms with van der Waals surface area (Å²) in [6.07, 6.45) is -3.72. The molecule has 0 unspecified atom stereocenters. The third-order valence-corrected chi connectivity index (χ3v) is 3.26. The largest absolute Gasteiger partial charge is 0.435 e. The number of rotatable bonds is 2. The molecule has 0 radical (unpaired) electrons. The standard InChI is InChI=1S/C12H8Cl2F3N3O/c1-20-5-7(10(19-20)12(15,16)17)11(21)18-6-2-3-8(13)9(14)4-6/h2-5H,1H3,(H,18,21). The van der Waals surface area contributed by atoms with Crippen LogP contribution in [0.2, 0.25) is 10.0 Å². The second-order valence-corrected chi connectivity index (χ2v) is 4.96. The van der Waals surface area contributed by atoms with Crippen molar-refractivity contribution in [3.63, 3.8) is 0 Å². The zero-order valence-corrected chi connectivity index (χ0v) is 12.0. The molecule has 1 aromatic heterocycles. The first-order valence-electron chi connectivity index (χ1n) is 5.55. The third-order valence-electron chi connectivity index (χ3n) is 2.52. The molecule has 0 saturated carbocycles. The molecule has 0 spiro atoms. The van der Waals surface area contributed by atoms with E-state index >= 15 is 0 Å². The SMILES string of the molecule is Cn1cc(C(=O)Nc2ccc(Cl)c(Cl)c2)c(C(F)(F)F)n1. The average molecular weight is 338 g/mol. The van der Waals surface area contributed by atoms with E-state index < -0.39 is 23.3 Å². The lowest BCUT2D eigenvalue weighted by molar-refractivity contribution is -0.141. The molecule has 9 heteroatoms. The van der Waals surface area contributed by atoms with E-state index in [1.165, 1.54) is 25.2 Å². The predicted molar refractivity (Wildman–Crippen MR) is 72.6 cm³/mol. The minimum Gasteiger partial charge on any atom is -0.322 e. The number of hydrogen-bond donors (Lipinski definition) is 1. The number of hydrogen-bond acceptors (Lipinski definition) is 2. The summed E-state index contributed by atoms with van der Waals surface area (Å²) in [5, 5.41) is 6.02. The zero-order valence-electron chi connectivity index (χ0n) is 10.5. The molecule has 2 aromatic rings. The minimum absolute atomic E-state index is 0.177. The van der Waals surface area contributed by atoms with E-state index in [9.17, 15) is 18.0 Å². The molecule has 21 heavy (non-hydrogen) atoms. The Morgan fingerprint density at radius 1 is 1.29 bits per heavy atom. The molecule has 112 valence electrons. The Balaban J connectivity index is 2.30. The molecule has 2 rings (SSSR count). The van der Waals surface area contributed by atoms with Gasteiger partial charge in [0.15, 0.2) is 5.69 Å². The van der Waals surface area contributed by atoms with Crippen molar-refractivity contribution in [1.29, 1.82) is 0 Å². The summed E-state index contributed by atoms with van der Waals surface area (Å²) in [6, 6.07) is 4.19. The topological polar surface area (TPSA) is 46.9 Å². The van der Waals surface area contributed by atoms with Gasteiger partial charge < -0.3 is 5.32 Å². The lowest BCUT2D eigenvalue weighted by Crippen LogP contribution is -2.17. The number of alkyl halides is 3. The zero-order chi connectivity index (χ0) is 15.8. The van der Waals surface area contributed by atoms with Crippen molar-refractivity contribution in [3.05, 3.63) is 45.7 Å². The molecule has 4 nitrogen and oxygen atoms in total. The highest BCUT2D eigenvalue weighted by molar-refractivity contribution is 6.42. The number of benzene rings is 1. The Labute approximate surface area is 127 Å². The number of carbonyl (C=O) groups is 1. The van der Waals surface area contributed by atoms with Crippen LogP contribution < -0.4 is 5.32 Å². The first kappa shape index (κ1) is 15.7. The van der Waals surface area contributed by atoms with E-state index in [-0.39, 0.29) is 15.7 Å². The van der Waals surface area contributed by atoms with Gasteiger partial charge in [-0.1, -0.05) is 23.2 Å². The lowest BCUT2D eigenvalue weighted by atomic mass is 10.2. The minimum atomic E-state index is -4.72. The predicted octanol–water partition coefficient (Wildman–Crippen LogP) is 4.00. The van der Waals surface area contributed by atoms with Gasteiger partial charge in [0.05, 0.1) is 15.6 Å². The highest BCUT2D eigenvalue weighted by Crippen LogP contribution is 2.31. The number of nitrogens with one attached hydrogen (secondary N) is 1. The molecule has 1 amide bonds. The van der Waals surface area contributed by atoms with Gasteiger partial charge in [0.2, 0.25) is 0 Å². The van der Waals surface area contributed by atoms with E-state index in [4.69, 9.17) is 23.2 Å². The Morgan fingerprint density at radius 2 is 1.95 bits per heavy atom. The molecule has 1 N–H and O–H groups in total. The van der Waals surface area contributed by atoms with Gasteiger partial charge in [-0.15, -0.1) is 0 Å². The number of aryl methyl sites for hydroxylation is 1. The van der Waals surface area contributed by atoms with Crippen LogP contribution in [0.1, 0.15) is 16.1 Å². The quantitative estimate of drug-likeness (QED) is 0.900. The third kappa shape index (κ3) is 3.48. The summed E-state index contributed by atoms with van der Waals surface area (Å²) in [7, 11) is 1.30. The van der Waals surface area contributed by atoms with E-state index in [1.807, 2.05) is 0 Å². The number of nitrogens with zero attached hydrogens (tertiary/aromatic N) is 2. The van der Waals surface area contributed by atoms with Gasteiger partial charge in [-0.3, -0.25) is 9.48 Å². The monoisotopic (exact) mass is 337 g/mol. The smallest absolute Gasteiger partial charge is 0.322 e. The van der Waals surface area contributed by atoms with E-state index in [0.29, 0.717) is 0 Å². The fourth-order valence-electron chi connectivity index (χ4n) is 1.64. The number of anilines is 1. The van der Waals surface area contributed by atoms with Crippen LogP contribution in [0.15, 0.2) is 24.4 Å². The molecule has 0 fully saturated rings. The van der Waals surface area contributed by atoms with E-state index in [1.54, 1.807) is 0 Å². The molecule has 0 aliphatic heterocycles. The molecular formula is C12H8Cl2F3N3O. The summed E-state index contributed by atoms with van der Waals surface area (Å²) in [4.78, 5) is 12.0. The van der Waals surface area contributed by atoms with Crippen molar-refractivity contribution >= 4 is 34.8 Å². The highest BCUT2D eigenvalue weighted by atomic mass is 35.5. The molecule has 0 bridgehead atoms. The number of aromatic nitrogens is 2. The van der Waals surface area contributed by atoms with Gasteiger partial charge >= 0.3 is 6.18 Å². The van der Waals surface area contributed by atoms with Gasteiger partial charge in [-0.05, 0) is 18.2 Å². The first-order valence-corrected chi connectivity index (χ1v) is 6.31. The maximum atomic E-state index is 12.8. The van der Waals surface area contributed by atoms with Gasteiger partial charge in [0, 0.05) is 18.9 Å². The van der Waals surface area contributed by atoms with Crippen LogP contribution in [-0.4, -0.2) is 15.7 Å². The van der Waals surface area contributed by atoms with Crippen LogP contribution in [0.3, 0.4) is 0 Å². The van der Waals surface area contributed by atoms with Gasteiger partial charge in [0.1, 0.15) is 0 Å². The first-order chi connectivity index (χ1) is 9.68. The van der Waals surface area contributed by atoms with Crippen molar-refractivity contribution in [1.82, 2.24) is 9.78 Å². The van der Waals surface area contributed by atoms with Gasteiger partial charge in [0.25, 0.3) is 5.91 Å². The summed E-state index contributed by atoms with van der Waals surface area (Å²) in [5.74, 6) is -0.936. The Hall–Kier alpha value is -1.73. The van der Waals surface area contributed by atoms with Crippen molar-refractivity contribution in [2.75, 3.05) is 5.32 Å². The summed E-state index contributed by atoms with van der Waals surface area (Å²) < 4.78 is 39.3. The van der Waals surface area contributed by atoms with Crippen molar-refractivity contribution in [2.24, 2.45) is 7.05 Å². The fraction of sp³-hybridized carbons (Fsp3) is 0.167. The van der Waals surface area contributed by atoms with Gasteiger partial charge in [-0.25, -0.2) is 0 Å². The van der Waals surface area contributed by atoms with Crippen LogP contribution in [-0.2, 0) is 13.2 Å². The lowest BCUT2D eigenvalue weighted by Gasteiger charge is -2.08. The summed E-state index contributed by atoms with van der Waals surface area (Å²) in [6.45, 7) is 0. The normalized spacial score (nSPS) is 11.5. The van der Waals surface area contributed by atoms with Crippen LogP contribution in [0.5, 0.6) is 0 Å². The van der Waals surface area contributed by atoms with Crippen LogP contribution in [0.4, 0.5) is 18.9 Å². The van der Waals surface area contributed by atoms with Crippen molar-refractivity contribution in [2.45, 2.75) is 6.18 Å². The Bertz CT molecular complexity index is 698. The van der Waals surface area contributed by atoms with E-state index in [2.05, 4.69) is 10.4 Å². The number of carbonyl (C=O) groups excluding carboxylic acids is 1. The maximum Gasteiger partial charge on any atom is 0.435 e. The Morgan fingerprint density at radius 3 is 2.52 bits per heavy atom. The summed E-state index contributed by atoms with van der Waals surface area (Å²) in [5.41, 5.74) is -1.59. The van der Waals surface area contributed by atoms with Gasteiger partial charge in [-0.2, -0.15) is 18.3 Å². The number of halogens is 5. The molecule has 0 saturated heterocycles. The second kappa shape index (κ2) is 5.57. The summed E-state index contributed by atoms with van der Waals surface area (Å²) >= 11 is 11.5. The number of amides is 1. The van der Waals surface area contributed by atoms with Crippen LogP contribution >= 0.6 is 23.2 Å². The molecule has 0 atom stereocenters. The molecule has 1 aromatic carbocycles. The fourth-order valence-corrected chi connectivity index (χ4v) is 1.93.